The highest BCUT2D eigenvalue weighted by Gasteiger charge is 2.28. The van der Waals surface area contributed by atoms with E-state index < -0.39 is 0 Å². The molecule has 4 heteroatoms. The van der Waals surface area contributed by atoms with E-state index in [0.29, 0.717) is 13.2 Å². The first kappa shape index (κ1) is 35.5. The molecule has 276 valence electrons. The van der Waals surface area contributed by atoms with Gasteiger partial charge >= 0.3 is 0 Å². The fourth-order valence-corrected chi connectivity index (χ4v) is 8.34. The van der Waals surface area contributed by atoms with Crippen LogP contribution < -0.4 is 20.1 Å². The molecule has 1 heterocycles. The Morgan fingerprint density at radius 1 is 0.429 bits per heavy atom. The smallest absolute Gasteiger partial charge is 0.125 e. The van der Waals surface area contributed by atoms with Gasteiger partial charge in [-0.25, -0.2) is 0 Å². The molecule has 8 aromatic rings. The second-order valence-electron chi connectivity index (χ2n) is 14.9. The van der Waals surface area contributed by atoms with Crippen molar-refractivity contribution >= 4 is 21.5 Å². The van der Waals surface area contributed by atoms with Crippen LogP contribution in [0.5, 0.6) is 11.5 Å². The molecule has 0 saturated heterocycles. The molecule has 1 aliphatic heterocycles. The number of fused-ring (bicyclic) bond motifs is 9. The first-order valence-electron chi connectivity index (χ1n) is 19.7. The molecule has 0 amide bonds. The van der Waals surface area contributed by atoms with Gasteiger partial charge in [0, 0.05) is 23.2 Å². The quantitative estimate of drug-likeness (QED) is 0.179. The summed E-state index contributed by atoms with van der Waals surface area (Å²) >= 11 is 0. The van der Waals surface area contributed by atoms with Crippen molar-refractivity contribution in [3.8, 4) is 11.5 Å². The van der Waals surface area contributed by atoms with Gasteiger partial charge in [-0.2, -0.15) is 0 Å². The van der Waals surface area contributed by atoms with Crippen LogP contribution in [0.1, 0.15) is 82.5 Å². The van der Waals surface area contributed by atoms with E-state index in [1.54, 1.807) is 0 Å². The highest BCUT2D eigenvalue weighted by Crippen LogP contribution is 2.42. The summed E-state index contributed by atoms with van der Waals surface area (Å²) in [5, 5.41) is 12.9. The Morgan fingerprint density at radius 3 is 1.30 bits per heavy atom. The molecule has 4 nitrogen and oxygen atoms in total. The van der Waals surface area contributed by atoms with Gasteiger partial charge in [-0.05, 0) is 80.9 Å². The van der Waals surface area contributed by atoms with Gasteiger partial charge < -0.3 is 9.47 Å². The largest absolute Gasteiger partial charge is 0.489 e. The summed E-state index contributed by atoms with van der Waals surface area (Å²) in [4.78, 5) is 0. The van der Waals surface area contributed by atoms with Gasteiger partial charge in [0.1, 0.15) is 24.7 Å². The zero-order valence-corrected chi connectivity index (χ0v) is 31.9. The number of hydrogen-bond acceptors (Lipinski definition) is 4. The topological polar surface area (TPSA) is 42.5 Å². The number of benzene rings is 8. The summed E-state index contributed by atoms with van der Waals surface area (Å²) in [5.41, 5.74) is 9.21. The first-order chi connectivity index (χ1) is 27.6. The summed E-state index contributed by atoms with van der Waals surface area (Å²) in [6.07, 6.45) is 0. The molecular weight excluding hydrogens is 685 g/mol. The SMILES string of the molecule is C[C@H](NC1c2cccc(c2)[C@H](N[C@@H](C)c2ccccc2)c2c(ccc3ccccc23)OCc2ccccc2COc2ccc3ccccc3c21)c1ccccc1. The van der Waals surface area contributed by atoms with Gasteiger partial charge in [0.2, 0.25) is 0 Å². The fraction of sp³-hybridized carbons (Fsp3) is 0.154. The van der Waals surface area contributed by atoms with Crippen molar-refractivity contribution in [3.63, 3.8) is 0 Å². The number of ether oxygens (including phenoxy) is 2. The van der Waals surface area contributed by atoms with Gasteiger partial charge in [0.15, 0.2) is 0 Å². The maximum absolute atomic E-state index is 6.93. The van der Waals surface area contributed by atoms with Crippen LogP contribution in [-0.2, 0) is 13.2 Å². The Balaban J connectivity index is 1.30. The van der Waals surface area contributed by atoms with E-state index in [2.05, 4.69) is 206 Å². The van der Waals surface area contributed by atoms with Crippen LogP contribution in [-0.4, -0.2) is 0 Å². The van der Waals surface area contributed by atoms with E-state index in [-0.39, 0.29) is 24.2 Å². The number of hydrogen-bond donors (Lipinski definition) is 2. The van der Waals surface area contributed by atoms with E-state index in [4.69, 9.17) is 9.47 Å². The van der Waals surface area contributed by atoms with Crippen molar-refractivity contribution in [2.45, 2.75) is 51.2 Å². The Labute approximate surface area is 329 Å². The minimum atomic E-state index is -0.206. The average molecular weight is 731 g/mol. The zero-order valence-electron chi connectivity index (χ0n) is 31.9. The molecule has 56 heavy (non-hydrogen) atoms. The Kier molecular flexibility index (Phi) is 10.1. The summed E-state index contributed by atoms with van der Waals surface area (Å²) in [5.74, 6) is 1.72. The molecular formula is C52H46N2O2. The Morgan fingerprint density at radius 2 is 0.839 bits per heavy atom. The number of nitrogens with one attached hydrogen (secondary N) is 2. The van der Waals surface area contributed by atoms with Crippen LogP contribution >= 0.6 is 0 Å². The van der Waals surface area contributed by atoms with Gasteiger partial charge in [-0.15, -0.1) is 0 Å². The number of rotatable bonds is 6. The van der Waals surface area contributed by atoms with E-state index >= 15 is 0 Å². The monoisotopic (exact) mass is 730 g/mol. The lowest BCUT2D eigenvalue weighted by Crippen LogP contribution is -2.28. The molecule has 2 N–H and O–H groups in total. The van der Waals surface area contributed by atoms with Crippen molar-refractivity contribution in [1.82, 2.24) is 10.6 Å². The Bertz CT molecular complexity index is 2430. The molecule has 0 fully saturated rings. The summed E-state index contributed by atoms with van der Waals surface area (Å²) in [6.45, 7) is 5.33. The van der Waals surface area contributed by atoms with Crippen LogP contribution in [0.15, 0.2) is 182 Å². The molecule has 2 bridgehead atoms. The normalized spacial score (nSPS) is 16.5. The predicted octanol–water partition coefficient (Wildman–Crippen LogP) is 12.3. The lowest BCUT2D eigenvalue weighted by molar-refractivity contribution is 0.280. The molecule has 9 rings (SSSR count). The molecule has 4 atom stereocenters. The van der Waals surface area contributed by atoms with Crippen LogP contribution in [0.25, 0.3) is 21.5 Å². The van der Waals surface area contributed by atoms with Crippen molar-refractivity contribution in [3.05, 3.63) is 226 Å². The third kappa shape index (κ3) is 7.17. The van der Waals surface area contributed by atoms with E-state index in [9.17, 15) is 0 Å². The zero-order chi connectivity index (χ0) is 37.8. The second-order valence-corrected chi connectivity index (χ2v) is 14.9. The molecule has 0 saturated carbocycles. The molecule has 1 aliphatic rings. The van der Waals surface area contributed by atoms with Gasteiger partial charge in [0.05, 0.1) is 12.1 Å². The third-order valence-corrected chi connectivity index (χ3v) is 11.3. The first-order valence-corrected chi connectivity index (χ1v) is 19.7. The van der Waals surface area contributed by atoms with E-state index in [0.717, 1.165) is 55.7 Å². The standard InChI is InChI=1S/C52H46N2O2/c1-35(37-16-5-3-6-17-37)53-51-41-24-15-25-42(32-41)52(54-36(2)38-18-7-4-8-19-38)50-46-27-14-12-21-40(46)29-31-48(50)56-34-44-23-10-9-22-43(44)33-55-47-30-28-39-20-11-13-26-45(39)49(47)51/h3-32,35-36,51-54H,33-34H2,1-2H3/t35-,36-,51-,52?/m0/s1. The summed E-state index contributed by atoms with van der Waals surface area (Å²) in [7, 11) is 0. The van der Waals surface area contributed by atoms with E-state index in [1.165, 1.54) is 21.9 Å². The van der Waals surface area contributed by atoms with Crippen LogP contribution in [0.2, 0.25) is 0 Å². The van der Waals surface area contributed by atoms with Crippen LogP contribution in [0.3, 0.4) is 0 Å². The van der Waals surface area contributed by atoms with Crippen molar-refractivity contribution in [2.75, 3.05) is 0 Å². The maximum Gasteiger partial charge on any atom is 0.125 e. The van der Waals surface area contributed by atoms with Gasteiger partial charge in [-0.1, -0.05) is 170 Å². The summed E-state index contributed by atoms with van der Waals surface area (Å²) < 4.78 is 13.9. The van der Waals surface area contributed by atoms with E-state index in [1.807, 2.05) is 0 Å². The lowest BCUT2D eigenvalue weighted by atomic mass is 9.87. The molecule has 0 spiro atoms. The van der Waals surface area contributed by atoms with Crippen molar-refractivity contribution < 1.29 is 9.47 Å². The molecule has 0 radical (unpaired) electrons. The highest BCUT2D eigenvalue weighted by molar-refractivity contribution is 5.90. The highest BCUT2D eigenvalue weighted by atomic mass is 16.5. The predicted molar refractivity (Wildman–Crippen MR) is 229 cm³/mol. The minimum Gasteiger partial charge on any atom is -0.489 e. The lowest BCUT2D eigenvalue weighted by Gasteiger charge is -2.30. The molecule has 0 aromatic heterocycles. The van der Waals surface area contributed by atoms with Crippen molar-refractivity contribution in [1.29, 1.82) is 0 Å². The molecule has 1 unspecified atom stereocenters. The third-order valence-electron chi connectivity index (χ3n) is 11.3. The maximum atomic E-state index is 6.93. The molecule has 8 aromatic carbocycles. The fourth-order valence-electron chi connectivity index (χ4n) is 8.34. The summed E-state index contributed by atoms with van der Waals surface area (Å²) in [6, 6.07) is 64.7. The van der Waals surface area contributed by atoms with Crippen LogP contribution in [0.4, 0.5) is 0 Å². The Hall–Kier alpha value is -6.20. The van der Waals surface area contributed by atoms with Crippen molar-refractivity contribution in [2.24, 2.45) is 0 Å². The average Bonchev–Trinajstić information content (AvgIpc) is 3.26. The second kappa shape index (κ2) is 15.9. The van der Waals surface area contributed by atoms with Crippen LogP contribution in [0, 0.1) is 0 Å². The van der Waals surface area contributed by atoms with Gasteiger partial charge in [-0.3, -0.25) is 10.6 Å². The minimum absolute atomic E-state index is 0.0459. The molecule has 0 aliphatic carbocycles. The van der Waals surface area contributed by atoms with Gasteiger partial charge in [0.25, 0.3) is 0 Å².